The first kappa shape index (κ1) is 6.12. The van der Waals surface area contributed by atoms with Crippen molar-refractivity contribution in [1.82, 2.24) is 0 Å². The maximum atomic E-state index is 5.17. The van der Waals surface area contributed by atoms with Crippen LogP contribution in [0.5, 0.6) is 0 Å². The van der Waals surface area contributed by atoms with Crippen molar-refractivity contribution in [2.45, 2.75) is 0 Å². The van der Waals surface area contributed by atoms with Gasteiger partial charge in [0.05, 0.1) is 10.2 Å². The Balaban J connectivity index is 3.20. The minimum absolute atomic E-state index is 0.897. The van der Waals surface area contributed by atoms with E-state index in [4.69, 9.17) is 6.42 Å². The van der Waals surface area contributed by atoms with Crippen LogP contribution >= 0.6 is 0 Å². The molecule has 1 heteroatoms. The smallest absolute Gasteiger partial charge is 0.0729 e. The molecule has 0 aliphatic rings. The van der Waals surface area contributed by atoms with Crippen LogP contribution in [-0.2, 0) is 0 Å². The molecule has 1 rings (SSSR count). The van der Waals surface area contributed by atoms with Gasteiger partial charge in [-0.15, -0.1) is 6.42 Å². The van der Waals surface area contributed by atoms with Crippen LogP contribution in [0, 0.1) is 12.3 Å². The molecule has 41 valence electrons. The Morgan fingerprint density at radius 2 is 2.00 bits per heavy atom. The molecule has 1 aromatic carbocycles. The van der Waals surface area contributed by atoms with Crippen molar-refractivity contribution in [1.29, 1.82) is 0 Å². The largest absolute Gasteiger partial charge is 0.115 e. The summed E-state index contributed by atoms with van der Waals surface area (Å²) >= 11 is 0. The maximum Gasteiger partial charge on any atom is 0.0729 e. The minimum Gasteiger partial charge on any atom is -0.115 e. The molecule has 9 heavy (non-hydrogen) atoms. The zero-order valence-electron chi connectivity index (χ0n) is 4.89. The van der Waals surface area contributed by atoms with Gasteiger partial charge in [-0.05, 0) is 6.07 Å². The van der Waals surface area contributed by atoms with E-state index in [0.29, 0.717) is 0 Å². The van der Waals surface area contributed by atoms with Crippen molar-refractivity contribution in [3.63, 3.8) is 0 Å². The van der Waals surface area contributed by atoms with Gasteiger partial charge in [0.1, 0.15) is 0 Å². The lowest BCUT2D eigenvalue weighted by atomic mass is 10.2. The van der Waals surface area contributed by atoms with E-state index in [1.165, 1.54) is 0 Å². The highest BCUT2D eigenvalue weighted by Gasteiger charge is 1.87. The van der Waals surface area contributed by atoms with Gasteiger partial charge in [0.25, 0.3) is 0 Å². The molecule has 0 nitrogen and oxygen atoms in total. The van der Waals surface area contributed by atoms with Crippen LogP contribution in [0.1, 0.15) is 5.56 Å². The molecule has 0 spiro atoms. The van der Waals surface area contributed by atoms with Crippen LogP contribution in [0.15, 0.2) is 24.3 Å². The molecular weight excluding hydrogens is 124 g/mol. The summed E-state index contributed by atoms with van der Waals surface area (Å²) in [6.45, 7) is 0. The summed E-state index contributed by atoms with van der Waals surface area (Å²) in [4.78, 5) is 0. The van der Waals surface area contributed by atoms with Gasteiger partial charge in [-0.1, -0.05) is 29.3 Å². The van der Waals surface area contributed by atoms with Gasteiger partial charge in [0.15, 0.2) is 0 Å². The highest BCUT2D eigenvalue weighted by Crippen LogP contribution is 1.89. The fraction of sp³-hybridized carbons (Fsp3) is 0. The normalized spacial score (nSPS) is 8.44. The Morgan fingerprint density at radius 1 is 1.33 bits per heavy atom. The fourth-order valence-corrected chi connectivity index (χ4v) is 0.861. The fourth-order valence-electron chi connectivity index (χ4n) is 0.609. The van der Waals surface area contributed by atoms with E-state index in [1.807, 2.05) is 24.3 Å². The Labute approximate surface area is 58.3 Å². The van der Waals surface area contributed by atoms with Crippen LogP contribution in [0.25, 0.3) is 0 Å². The second-order valence-corrected chi connectivity index (χ2v) is 2.23. The van der Waals surface area contributed by atoms with Gasteiger partial charge in [-0.25, -0.2) is 0 Å². The third kappa shape index (κ3) is 1.21. The highest BCUT2D eigenvalue weighted by atomic mass is 28.1. The van der Waals surface area contributed by atoms with Crippen LogP contribution in [0.3, 0.4) is 0 Å². The lowest BCUT2D eigenvalue weighted by Crippen LogP contribution is -2.05. The molecular formula is C8H5Si. The van der Waals surface area contributed by atoms with E-state index in [2.05, 4.69) is 16.2 Å². The summed E-state index contributed by atoms with van der Waals surface area (Å²) in [7, 11) is 3.36. The zero-order chi connectivity index (χ0) is 6.69. The van der Waals surface area contributed by atoms with Crippen molar-refractivity contribution in [2.75, 3.05) is 0 Å². The molecule has 0 unspecified atom stereocenters. The molecule has 0 saturated heterocycles. The second-order valence-electron chi connectivity index (χ2n) is 1.69. The maximum absolute atomic E-state index is 5.17. The quantitative estimate of drug-likeness (QED) is 0.353. The molecule has 0 atom stereocenters. The van der Waals surface area contributed by atoms with E-state index in [9.17, 15) is 0 Å². The van der Waals surface area contributed by atoms with Crippen LogP contribution in [0.2, 0.25) is 0 Å². The van der Waals surface area contributed by atoms with E-state index >= 15 is 0 Å². The molecule has 0 fully saturated rings. The summed E-state index contributed by atoms with van der Waals surface area (Å²) < 4.78 is 0. The Kier molecular flexibility index (Phi) is 1.71. The third-order valence-corrected chi connectivity index (χ3v) is 1.52. The summed E-state index contributed by atoms with van der Waals surface area (Å²) in [6.07, 6.45) is 5.17. The first-order valence-corrected chi connectivity index (χ1v) is 3.12. The molecule has 0 saturated carbocycles. The van der Waals surface area contributed by atoms with E-state index in [-0.39, 0.29) is 0 Å². The highest BCUT2D eigenvalue weighted by molar-refractivity contribution is 6.33. The standard InChI is InChI=1S/C8H5Si/c1-2-7-5-3-4-6-8(7)9/h1,3-6H. The second kappa shape index (κ2) is 2.52. The van der Waals surface area contributed by atoms with Crippen molar-refractivity contribution >= 4 is 15.4 Å². The predicted molar refractivity (Wildman–Crippen MR) is 39.8 cm³/mol. The molecule has 0 N–H and O–H groups in total. The van der Waals surface area contributed by atoms with Crippen molar-refractivity contribution in [3.8, 4) is 12.3 Å². The first-order chi connectivity index (χ1) is 4.34. The topological polar surface area (TPSA) is 0 Å². The number of rotatable bonds is 0. The molecule has 0 aliphatic carbocycles. The van der Waals surface area contributed by atoms with Gasteiger partial charge in [0.2, 0.25) is 0 Å². The third-order valence-electron chi connectivity index (χ3n) is 1.08. The van der Waals surface area contributed by atoms with Crippen molar-refractivity contribution in [2.24, 2.45) is 0 Å². The monoisotopic (exact) mass is 129 g/mol. The predicted octanol–water partition coefficient (Wildman–Crippen LogP) is 0.462. The van der Waals surface area contributed by atoms with Crippen LogP contribution < -0.4 is 5.19 Å². The lowest BCUT2D eigenvalue weighted by molar-refractivity contribution is 1.71. The number of terminal acetylenes is 1. The van der Waals surface area contributed by atoms with Gasteiger partial charge >= 0.3 is 0 Å². The molecule has 0 amide bonds. The summed E-state index contributed by atoms with van der Waals surface area (Å²) in [5.74, 6) is 2.55. The number of benzene rings is 1. The van der Waals surface area contributed by atoms with Crippen molar-refractivity contribution < 1.29 is 0 Å². The average molecular weight is 129 g/mol. The lowest BCUT2D eigenvalue weighted by Gasteiger charge is -1.92. The van der Waals surface area contributed by atoms with Crippen LogP contribution in [-0.4, -0.2) is 10.2 Å². The Bertz CT molecular complexity index is 245. The zero-order valence-corrected chi connectivity index (χ0v) is 5.89. The van der Waals surface area contributed by atoms with Gasteiger partial charge in [-0.3, -0.25) is 0 Å². The Morgan fingerprint density at radius 3 is 2.44 bits per heavy atom. The van der Waals surface area contributed by atoms with E-state index < -0.39 is 0 Å². The van der Waals surface area contributed by atoms with E-state index in [0.717, 1.165) is 10.8 Å². The number of hydrogen-bond acceptors (Lipinski definition) is 0. The molecule has 3 radical (unpaired) electrons. The van der Waals surface area contributed by atoms with E-state index in [1.54, 1.807) is 0 Å². The number of hydrogen-bond donors (Lipinski definition) is 0. The molecule has 0 heterocycles. The van der Waals surface area contributed by atoms with Crippen molar-refractivity contribution in [3.05, 3.63) is 29.8 Å². The molecule has 0 aliphatic heterocycles. The first-order valence-electron chi connectivity index (χ1n) is 2.62. The summed E-state index contributed by atoms with van der Waals surface area (Å²) in [5, 5.41) is 0.972. The average Bonchev–Trinajstić information content (AvgIpc) is 1.89. The van der Waals surface area contributed by atoms with Gasteiger partial charge in [0, 0.05) is 5.56 Å². The molecule has 0 bridgehead atoms. The minimum atomic E-state index is 0.897. The summed E-state index contributed by atoms with van der Waals surface area (Å²) in [6, 6.07) is 7.66. The molecule has 0 aromatic heterocycles. The summed E-state index contributed by atoms with van der Waals surface area (Å²) in [5.41, 5.74) is 0.897. The van der Waals surface area contributed by atoms with Crippen LogP contribution in [0.4, 0.5) is 0 Å². The van der Waals surface area contributed by atoms with Gasteiger partial charge in [-0.2, -0.15) is 0 Å². The SMILES string of the molecule is C#Cc1ccccc1[Si]. The molecule has 1 aromatic rings. The van der Waals surface area contributed by atoms with Gasteiger partial charge < -0.3 is 0 Å². The Hall–Kier alpha value is -1.00.